The molecular weight excluding hydrogens is 248 g/mol. The van der Waals surface area contributed by atoms with Crippen LogP contribution in [0.5, 0.6) is 0 Å². The second-order valence-corrected chi connectivity index (χ2v) is 5.80. The molecule has 1 aliphatic rings. The predicted molar refractivity (Wildman–Crippen MR) is 78.4 cm³/mol. The van der Waals surface area contributed by atoms with Crippen LogP contribution in [0.3, 0.4) is 0 Å². The third kappa shape index (κ3) is 3.68. The van der Waals surface area contributed by atoms with Crippen LogP contribution in [0.4, 0.5) is 0 Å². The maximum Gasteiger partial charge on any atom is 0.208 e. The molecule has 1 fully saturated rings. The lowest BCUT2D eigenvalue weighted by Crippen LogP contribution is -3.14. The van der Waals surface area contributed by atoms with E-state index in [9.17, 15) is 10.1 Å². The Morgan fingerprint density at radius 3 is 2.55 bits per heavy atom. The van der Waals surface area contributed by atoms with Crippen molar-refractivity contribution < 1.29 is 9.69 Å². The van der Waals surface area contributed by atoms with Gasteiger partial charge in [0.15, 0.2) is 0 Å². The van der Waals surface area contributed by atoms with Gasteiger partial charge in [0.2, 0.25) is 5.78 Å². The molecule has 0 aromatic heterocycles. The summed E-state index contributed by atoms with van der Waals surface area (Å²) in [6.07, 6.45) is 6.29. The Labute approximate surface area is 121 Å². The molecule has 1 N–H and O–H groups in total. The Morgan fingerprint density at radius 1 is 1.30 bits per heavy atom. The van der Waals surface area contributed by atoms with Crippen molar-refractivity contribution in [2.75, 3.05) is 13.6 Å². The molecular formula is C17H23N2O+. The fourth-order valence-corrected chi connectivity index (χ4v) is 3.09. The van der Waals surface area contributed by atoms with E-state index in [1.807, 2.05) is 30.3 Å². The summed E-state index contributed by atoms with van der Waals surface area (Å²) in [5, 5.41) is 9.29. The average Bonchev–Trinajstić information content (AvgIpc) is 2.50. The number of ketones is 1. The van der Waals surface area contributed by atoms with Crippen LogP contribution in [0, 0.1) is 11.3 Å². The van der Waals surface area contributed by atoms with E-state index in [-0.39, 0.29) is 5.78 Å². The van der Waals surface area contributed by atoms with Crippen LogP contribution in [-0.2, 0) is 4.79 Å². The molecule has 0 bridgehead atoms. The van der Waals surface area contributed by atoms with Gasteiger partial charge in [-0.1, -0.05) is 36.8 Å². The normalized spacial score (nSPS) is 19.0. The number of nitrogens with zero attached hydrogens (tertiary/aromatic N) is 1. The van der Waals surface area contributed by atoms with Crippen LogP contribution < -0.4 is 4.90 Å². The molecule has 0 saturated heterocycles. The Hall–Kier alpha value is -1.66. The molecule has 0 radical (unpaired) electrons. The van der Waals surface area contributed by atoms with Crippen LogP contribution in [0.1, 0.15) is 43.6 Å². The fraction of sp³-hybridized carbons (Fsp3) is 0.529. The summed E-state index contributed by atoms with van der Waals surface area (Å²) in [4.78, 5) is 13.7. The first-order chi connectivity index (χ1) is 9.72. The van der Waals surface area contributed by atoms with Gasteiger partial charge in [-0.2, -0.15) is 5.26 Å². The number of hydrogen-bond donors (Lipinski definition) is 1. The van der Waals surface area contributed by atoms with E-state index in [4.69, 9.17) is 0 Å². The Bertz CT molecular complexity index is 472. The largest absolute Gasteiger partial charge is 0.329 e. The Kier molecular flexibility index (Phi) is 5.31. The van der Waals surface area contributed by atoms with Crippen LogP contribution >= 0.6 is 0 Å². The first kappa shape index (κ1) is 14.7. The van der Waals surface area contributed by atoms with Crippen molar-refractivity contribution in [3.8, 4) is 6.07 Å². The predicted octanol–water partition coefficient (Wildman–Crippen LogP) is 1.71. The summed E-state index contributed by atoms with van der Waals surface area (Å²) in [6.45, 7) is 0.456. The van der Waals surface area contributed by atoms with Gasteiger partial charge in [0.1, 0.15) is 12.5 Å². The molecule has 1 saturated carbocycles. The van der Waals surface area contributed by atoms with Gasteiger partial charge in [0, 0.05) is 0 Å². The van der Waals surface area contributed by atoms with Gasteiger partial charge in [-0.15, -0.1) is 0 Å². The van der Waals surface area contributed by atoms with Crippen LogP contribution in [0.2, 0.25) is 0 Å². The van der Waals surface area contributed by atoms with E-state index >= 15 is 0 Å². The highest BCUT2D eigenvalue weighted by Gasteiger charge is 2.27. The maximum atomic E-state index is 12.4. The van der Waals surface area contributed by atoms with Gasteiger partial charge >= 0.3 is 0 Å². The molecule has 2 rings (SSSR count). The number of quaternary nitrogens is 1. The number of nitrogens with one attached hydrogen (secondary N) is 1. The average molecular weight is 271 g/mol. The molecule has 1 unspecified atom stereocenters. The van der Waals surface area contributed by atoms with Crippen molar-refractivity contribution in [1.29, 1.82) is 5.26 Å². The first-order valence-corrected chi connectivity index (χ1v) is 7.52. The molecule has 3 heteroatoms. The number of carbonyl (C=O) groups excluding carboxylic acids is 1. The minimum Gasteiger partial charge on any atom is -0.329 e. The molecule has 3 nitrogen and oxygen atoms in total. The minimum atomic E-state index is -0.616. The Balaban J connectivity index is 1.97. The zero-order valence-electron chi connectivity index (χ0n) is 12.1. The summed E-state index contributed by atoms with van der Waals surface area (Å²) in [7, 11) is 2.09. The molecule has 0 heterocycles. The number of Topliss-reactive ketones (excluding diaryl/α,β-unsaturated/α-hetero) is 1. The third-order valence-corrected chi connectivity index (χ3v) is 4.34. The lowest BCUT2D eigenvalue weighted by molar-refractivity contribution is -0.899. The smallest absolute Gasteiger partial charge is 0.208 e. The first-order valence-electron chi connectivity index (χ1n) is 7.52. The molecule has 106 valence electrons. The second-order valence-electron chi connectivity index (χ2n) is 5.80. The van der Waals surface area contributed by atoms with Gasteiger partial charge < -0.3 is 4.90 Å². The SMILES string of the molecule is C[NH+](CC(=O)[C@H](C#N)c1ccccc1)C1CCCCC1. The number of likely N-dealkylation sites (N-methyl/N-ethyl adjacent to an activating group) is 1. The summed E-state index contributed by atoms with van der Waals surface area (Å²) in [5.74, 6) is -0.573. The molecule has 1 aromatic rings. The lowest BCUT2D eigenvalue weighted by Gasteiger charge is -2.28. The highest BCUT2D eigenvalue weighted by Crippen LogP contribution is 2.17. The summed E-state index contributed by atoms with van der Waals surface area (Å²) in [6, 6.07) is 12.1. The number of benzene rings is 1. The van der Waals surface area contributed by atoms with Gasteiger partial charge in [-0.3, -0.25) is 4.79 Å². The summed E-state index contributed by atoms with van der Waals surface area (Å²) >= 11 is 0. The summed E-state index contributed by atoms with van der Waals surface area (Å²) in [5.41, 5.74) is 0.816. The minimum absolute atomic E-state index is 0.0433. The number of hydrogen-bond acceptors (Lipinski definition) is 2. The van der Waals surface area contributed by atoms with E-state index in [1.54, 1.807) is 0 Å². The Morgan fingerprint density at radius 2 is 1.95 bits per heavy atom. The number of carbonyl (C=O) groups is 1. The monoisotopic (exact) mass is 271 g/mol. The summed E-state index contributed by atoms with van der Waals surface area (Å²) < 4.78 is 0. The van der Waals surface area contributed by atoms with E-state index in [2.05, 4.69) is 13.1 Å². The van der Waals surface area contributed by atoms with Crippen molar-refractivity contribution in [3.63, 3.8) is 0 Å². The molecule has 0 spiro atoms. The lowest BCUT2D eigenvalue weighted by atomic mass is 9.92. The third-order valence-electron chi connectivity index (χ3n) is 4.34. The van der Waals surface area contributed by atoms with E-state index in [1.165, 1.54) is 37.0 Å². The molecule has 1 aromatic carbocycles. The van der Waals surface area contributed by atoms with Crippen molar-refractivity contribution in [3.05, 3.63) is 35.9 Å². The van der Waals surface area contributed by atoms with Crippen molar-refractivity contribution >= 4 is 5.78 Å². The van der Waals surface area contributed by atoms with Crippen LogP contribution in [0.15, 0.2) is 30.3 Å². The van der Waals surface area contributed by atoms with Gasteiger partial charge in [-0.05, 0) is 31.2 Å². The van der Waals surface area contributed by atoms with E-state index in [0.717, 1.165) is 5.56 Å². The van der Waals surface area contributed by atoms with Crippen molar-refractivity contribution in [2.24, 2.45) is 0 Å². The van der Waals surface area contributed by atoms with Gasteiger partial charge in [0.25, 0.3) is 0 Å². The van der Waals surface area contributed by atoms with Crippen LogP contribution in [0.25, 0.3) is 0 Å². The number of nitriles is 1. The molecule has 2 atom stereocenters. The number of rotatable bonds is 5. The molecule has 0 aliphatic heterocycles. The van der Waals surface area contributed by atoms with E-state index in [0.29, 0.717) is 12.6 Å². The van der Waals surface area contributed by atoms with Crippen molar-refractivity contribution in [2.45, 2.75) is 44.1 Å². The zero-order valence-corrected chi connectivity index (χ0v) is 12.1. The van der Waals surface area contributed by atoms with E-state index < -0.39 is 5.92 Å². The highest BCUT2D eigenvalue weighted by molar-refractivity contribution is 5.89. The maximum absolute atomic E-state index is 12.4. The standard InChI is InChI=1S/C17H22N2O/c1-19(15-10-6-3-7-11-15)13-17(20)16(12-18)14-8-4-2-5-9-14/h2,4-5,8-9,15-16H,3,6-7,10-11,13H2,1H3/p+1/t16-/m1/s1. The van der Waals surface area contributed by atoms with Gasteiger partial charge in [-0.25, -0.2) is 0 Å². The highest BCUT2D eigenvalue weighted by atomic mass is 16.1. The van der Waals surface area contributed by atoms with Gasteiger partial charge in [0.05, 0.1) is 19.2 Å². The van der Waals surface area contributed by atoms with Crippen LogP contribution in [-0.4, -0.2) is 25.4 Å². The molecule has 20 heavy (non-hydrogen) atoms. The fourth-order valence-electron chi connectivity index (χ4n) is 3.09. The second kappa shape index (κ2) is 7.21. The topological polar surface area (TPSA) is 45.3 Å². The molecule has 0 amide bonds. The van der Waals surface area contributed by atoms with Crippen molar-refractivity contribution in [1.82, 2.24) is 0 Å². The zero-order chi connectivity index (χ0) is 14.4. The quantitative estimate of drug-likeness (QED) is 0.886. The molecule has 1 aliphatic carbocycles.